The van der Waals surface area contributed by atoms with Gasteiger partial charge in [0.05, 0.1) is 18.7 Å². The van der Waals surface area contributed by atoms with Crippen molar-refractivity contribution in [1.82, 2.24) is 5.43 Å². The maximum absolute atomic E-state index is 13.8. The maximum atomic E-state index is 13.8. The number of carbonyl (C=O) groups is 3. The maximum Gasteiger partial charge on any atom is 0.259 e. The highest BCUT2D eigenvalue weighted by atomic mass is 16.5. The third-order valence-corrected chi connectivity index (χ3v) is 6.03. The second kappa shape index (κ2) is 8.35. The standard InChI is InChI=1S/C26H21N3O4/c1-33-19-15-9-8-14-18(19)29-25(31)21-22(27-28-23(21)26(29)32)24(30)20(16-10-4-2-5-11-16)17-12-6-3-7-13-17/h2-15,20-21,23,28H,1H3. The first kappa shape index (κ1) is 20.6. The van der Waals surface area contributed by atoms with Crippen LogP contribution in [0.4, 0.5) is 5.69 Å². The fourth-order valence-electron chi connectivity index (χ4n) is 4.48. The van der Waals surface area contributed by atoms with E-state index in [1.54, 1.807) is 24.3 Å². The minimum Gasteiger partial charge on any atom is -0.495 e. The molecule has 7 heteroatoms. The summed E-state index contributed by atoms with van der Waals surface area (Å²) in [6, 6.07) is 24.6. The number of anilines is 1. The Kier molecular flexibility index (Phi) is 5.22. The molecule has 1 saturated heterocycles. The number of imide groups is 1. The van der Waals surface area contributed by atoms with E-state index in [4.69, 9.17) is 4.74 Å². The number of hydrogen-bond donors (Lipinski definition) is 1. The lowest BCUT2D eigenvalue weighted by molar-refractivity contribution is -0.122. The number of ketones is 1. The monoisotopic (exact) mass is 439 g/mol. The number of para-hydroxylation sites is 2. The third kappa shape index (κ3) is 3.38. The van der Waals surface area contributed by atoms with Gasteiger partial charge in [0.25, 0.3) is 5.91 Å². The van der Waals surface area contributed by atoms with E-state index in [0.717, 1.165) is 16.0 Å². The van der Waals surface area contributed by atoms with Crippen LogP contribution < -0.4 is 15.1 Å². The largest absolute Gasteiger partial charge is 0.495 e. The number of hydrazone groups is 1. The quantitative estimate of drug-likeness (QED) is 0.597. The molecule has 0 aromatic heterocycles. The van der Waals surface area contributed by atoms with Crippen molar-refractivity contribution in [3.63, 3.8) is 0 Å². The van der Waals surface area contributed by atoms with Crippen LogP contribution in [0.15, 0.2) is 90.0 Å². The zero-order valence-electron chi connectivity index (χ0n) is 17.8. The lowest BCUT2D eigenvalue weighted by atomic mass is 9.82. The van der Waals surface area contributed by atoms with Crippen molar-refractivity contribution in [2.24, 2.45) is 11.0 Å². The number of amides is 2. The van der Waals surface area contributed by atoms with Crippen molar-refractivity contribution in [2.75, 3.05) is 12.0 Å². The number of benzene rings is 3. The first-order valence-corrected chi connectivity index (χ1v) is 10.6. The Bertz CT molecular complexity index is 1220. The molecule has 1 N–H and O–H groups in total. The van der Waals surface area contributed by atoms with E-state index in [0.29, 0.717) is 11.4 Å². The Morgan fingerprint density at radius 2 is 1.45 bits per heavy atom. The fourth-order valence-corrected chi connectivity index (χ4v) is 4.48. The number of rotatable bonds is 6. The molecule has 7 nitrogen and oxygen atoms in total. The fraction of sp³-hybridized carbons (Fsp3) is 0.154. The first-order chi connectivity index (χ1) is 16.1. The smallest absolute Gasteiger partial charge is 0.259 e. The van der Waals surface area contributed by atoms with Crippen LogP contribution in [0.2, 0.25) is 0 Å². The summed E-state index contributed by atoms with van der Waals surface area (Å²) in [5, 5.41) is 4.18. The summed E-state index contributed by atoms with van der Waals surface area (Å²) < 4.78 is 5.34. The van der Waals surface area contributed by atoms with Gasteiger partial charge in [0.2, 0.25) is 5.91 Å². The second-order valence-electron chi connectivity index (χ2n) is 7.88. The molecule has 2 aliphatic rings. The molecule has 33 heavy (non-hydrogen) atoms. The van der Waals surface area contributed by atoms with Crippen LogP contribution >= 0.6 is 0 Å². The van der Waals surface area contributed by atoms with Gasteiger partial charge >= 0.3 is 0 Å². The van der Waals surface area contributed by atoms with Crippen molar-refractivity contribution >= 4 is 29.0 Å². The molecule has 0 aliphatic carbocycles. The number of fused-ring (bicyclic) bond motifs is 1. The van der Waals surface area contributed by atoms with Crippen LogP contribution in [0.1, 0.15) is 17.0 Å². The van der Waals surface area contributed by atoms with Crippen molar-refractivity contribution < 1.29 is 19.1 Å². The summed E-state index contributed by atoms with van der Waals surface area (Å²) in [5.74, 6) is -2.51. The van der Waals surface area contributed by atoms with Crippen molar-refractivity contribution in [3.05, 3.63) is 96.1 Å². The molecule has 2 aliphatic heterocycles. The lowest BCUT2D eigenvalue weighted by Gasteiger charge is -2.20. The summed E-state index contributed by atoms with van der Waals surface area (Å²) >= 11 is 0. The molecule has 2 unspecified atom stereocenters. The highest BCUT2D eigenvalue weighted by Gasteiger charge is 2.56. The van der Waals surface area contributed by atoms with Crippen LogP contribution in [0.5, 0.6) is 5.75 Å². The van der Waals surface area contributed by atoms with Gasteiger partial charge in [0, 0.05) is 0 Å². The third-order valence-electron chi connectivity index (χ3n) is 6.03. The molecule has 0 bridgehead atoms. The summed E-state index contributed by atoms with van der Waals surface area (Å²) in [7, 11) is 1.48. The van der Waals surface area contributed by atoms with Crippen LogP contribution in [0.3, 0.4) is 0 Å². The molecular weight excluding hydrogens is 418 g/mol. The summed E-state index contributed by atoms with van der Waals surface area (Å²) in [5.41, 5.74) is 4.73. The lowest BCUT2D eigenvalue weighted by Crippen LogP contribution is -2.36. The van der Waals surface area contributed by atoms with Crippen molar-refractivity contribution in [1.29, 1.82) is 0 Å². The summed E-state index contributed by atoms with van der Waals surface area (Å²) in [6.45, 7) is 0. The van der Waals surface area contributed by atoms with E-state index in [1.807, 2.05) is 60.7 Å². The van der Waals surface area contributed by atoms with E-state index in [-0.39, 0.29) is 11.5 Å². The predicted octanol–water partition coefficient (Wildman–Crippen LogP) is 2.91. The molecular formula is C26H21N3O4. The van der Waals surface area contributed by atoms with Gasteiger partial charge in [0.1, 0.15) is 23.4 Å². The number of ether oxygens (including phenoxy) is 1. The average molecular weight is 439 g/mol. The van der Waals surface area contributed by atoms with E-state index >= 15 is 0 Å². The van der Waals surface area contributed by atoms with Gasteiger partial charge in [-0.25, -0.2) is 4.90 Å². The minimum absolute atomic E-state index is 0.0634. The van der Waals surface area contributed by atoms with Crippen molar-refractivity contribution in [3.8, 4) is 5.75 Å². The minimum atomic E-state index is -0.996. The average Bonchev–Trinajstić information content (AvgIpc) is 3.40. The Labute approximate surface area is 190 Å². The van der Waals surface area contributed by atoms with Gasteiger partial charge in [0.15, 0.2) is 5.78 Å². The number of carbonyl (C=O) groups excluding carboxylic acids is 3. The van der Waals surface area contributed by atoms with Gasteiger partial charge in [-0.1, -0.05) is 72.8 Å². The SMILES string of the molecule is COc1ccccc1N1C(=O)C2NN=C(C(=O)C(c3ccccc3)c3ccccc3)C2C1=O. The predicted molar refractivity (Wildman–Crippen MR) is 123 cm³/mol. The van der Waals surface area contributed by atoms with E-state index < -0.39 is 29.7 Å². The molecule has 1 fully saturated rings. The van der Waals surface area contributed by atoms with Crippen LogP contribution in [0, 0.1) is 5.92 Å². The topological polar surface area (TPSA) is 88.1 Å². The van der Waals surface area contributed by atoms with Gasteiger partial charge in [-0.05, 0) is 23.3 Å². The first-order valence-electron chi connectivity index (χ1n) is 10.6. The zero-order valence-corrected chi connectivity index (χ0v) is 17.8. The molecule has 5 rings (SSSR count). The zero-order chi connectivity index (χ0) is 22.9. The molecule has 2 heterocycles. The van der Waals surface area contributed by atoms with Gasteiger partial charge in [-0.15, -0.1) is 0 Å². The van der Waals surface area contributed by atoms with E-state index in [1.165, 1.54) is 7.11 Å². The molecule has 0 radical (unpaired) electrons. The molecule has 164 valence electrons. The van der Waals surface area contributed by atoms with Gasteiger partial charge in [-0.2, -0.15) is 5.10 Å². The number of nitrogens with zero attached hydrogens (tertiary/aromatic N) is 2. The Hall–Kier alpha value is -4.26. The van der Waals surface area contributed by atoms with E-state index in [2.05, 4.69) is 10.5 Å². The van der Waals surface area contributed by atoms with Crippen LogP contribution in [-0.2, 0) is 14.4 Å². The molecule has 0 saturated carbocycles. The highest BCUT2D eigenvalue weighted by Crippen LogP contribution is 2.37. The molecule has 3 aromatic carbocycles. The number of Topliss-reactive ketones (excluding diaryl/α,β-unsaturated/α-hetero) is 1. The Morgan fingerprint density at radius 3 is 2.06 bits per heavy atom. The summed E-state index contributed by atoms with van der Waals surface area (Å²) in [6.07, 6.45) is 0. The van der Waals surface area contributed by atoms with Gasteiger partial charge < -0.3 is 4.74 Å². The molecule has 2 amide bonds. The van der Waals surface area contributed by atoms with Crippen molar-refractivity contribution in [2.45, 2.75) is 12.0 Å². The van der Waals surface area contributed by atoms with E-state index in [9.17, 15) is 14.4 Å². The van der Waals surface area contributed by atoms with Gasteiger partial charge in [-0.3, -0.25) is 19.8 Å². The second-order valence-corrected chi connectivity index (χ2v) is 7.88. The van der Waals surface area contributed by atoms with Crippen LogP contribution in [0.25, 0.3) is 0 Å². The summed E-state index contributed by atoms with van der Waals surface area (Å²) in [4.78, 5) is 41.5. The molecule has 2 atom stereocenters. The normalized spacial score (nSPS) is 19.3. The Morgan fingerprint density at radius 1 is 0.879 bits per heavy atom. The number of hydrogen-bond acceptors (Lipinski definition) is 6. The number of nitrogens with one attached hydrogen (secondary N) is 1. The molecule has 3 aromatic rings. The van der Waals surface area contributed by atoms with Crippen LogP contribution in [-0.4, -0.2) is 36.5 Å². The molecule has 0 spiro atoms. The highest BCUT2D eigenvalue weighted by molar-refractivity contribution is 6.50. The number of methoxy groups -OCH3 is 1. The Balaban J connectivity index is 1.52.